The van der Waals surface area contributed by atoms with E-state index in [-0.39, 0.29) is 6.10 Å². The van der Waals surface area contributed by atoms with Crippen molar-refractivity contribution < 1.29 is 4.74 Å². The number of hydrogen-bond donors (Lipinski definition) is 0. The Hall–Kier alpha value is -2.21. The van der Waals surface area contributed by atoms with E-state index in [1.165, 1.54) is 25.9 Å². The molecule has 0 aromatic carbocycles. The second-order valence-electron chi connectivity index (χ2n) is 6.19. The van der Waals surface area contributed by atoms with Crippen molar-refractivity contribution in [1.82, 2.24) is 24.6 Å². The molecular formula is C18H25N5O. The van der Waals surface area contributed by atoms with Gasteiger partial charge in [-0.3, -0.25) is 9.47 Å². The van der Waals surface area contributed by atoms with Crippen LogP contribution in [0.5, 0.6) is 5.88 Å². The summed E-state index contributed by atoms with van der Waals surface area (Å²) in [6.07, 6.45) is 10.2. The van der Waals surface area contributed by atoms with Gasteiger partial charge in [-0.25, -0.2) is 4.98 Å². The number of hydrogen-bond acceptors (Lipinski definition) is 5. The molecule has 1 atom stereocenters. The number of nitrogens with zero attached hydrogens (tertiary/aromatic N) is 5. The van der Waals surface area contributed by atoms with E-state index in [9.17, 15) is 0 Å². The van der Waals surface area contributed by atoms with Crippen LogP contribution in [0.1, 0.15) is 31.5 Å². The number of aromatic nitrogens is 4. The molecule has 0 amide bonds. The van der Waals surface area contributed by atoms with E-state index >= 15 is 0 Å². The maximum atomic E-state index is 6.09. The topological polar surface area (TPSA) is 56.1 Å². The van der Waals surface area contributed by atoms with E-state index in [1.807, 2.05) is 35.9 Å². The van der Waals surface area contributed by atoms with E-state index in [2.05, 4.69) is 26.7 Å². The summed E-state index contributed by atoms with van der Waals surface area (Å²) in [5, 5.41) is 8.49. The molecule has 128 valence electrons. The molecule has 0 spiro atoms. The summed E-state index contributed by atoms with van der Waals surface area (Å²) in [6.45, 7) is 9.02. The van der Waals surface area contributed by atoms with Crippen molar-refractivity contribution in [3.05, 3.63) is 43.0 Å². The molecule has 0 aliphatic carbocycles. The van der Waals surface area contributed by atoms with Gasteiger partial charge in [0.15, 0.2) is 5.82 Å². The second kappa shape index (κ2) is 8.06. The first-order valence-electron chi connectivity index (χ1n) is 8.60. The monoisotopic (exact) mass is 327 g/mol. The number of allylic oxidation sites excluding steroid dienone is 1. The Morgan fingerprint density at radius 2 is 2.12 bits per heavy atom. The Morgan fingerprint density at radius 1 is 1.29 bits per heavy atom. The second-order valence-corrected chi connectivity index (χ2v) is 6.19. The maximum absolute atomic E-state index is 6.09. The molecule has 0 radical (unpaired) electrons. The van der Waals surface area contributed by atoms with Gasteiger partial charge in [-0.2, -0.15) is 0 Å². The minimum atomic E-state index is 0.122. The molecule has 0 bridgehead atoms. The minimum absolute atomic E-state index is 0.122. The third kappa shape index (κ3) is 4.20. The van der Waals surface area contributed by atoms with Gasteiger partial charge in [0.1, 0.15) is 11.9 Å². The van der Waals surface area contributed by atoms with Crippen LogP contribution in [-0.4, -0.2) is 50.4 Å². The van der Waals surface area contributed by atoms with E-state index < -0.39 is 0 Å². The van der Waals surface area contributed by atoms with Gasteiger partial charge in [-0.1, -0.05) is 6.08 Å². The van der Waals surface area contributed by atoms with Crippen molar-refractivity contribution in [1.29, 1.82) is 0 Å². The summed E-state index contributed by atoms with van der Waals surface area (Å²) >= 11 is 0. The van der Waals surface area contributed by atoms with Crippen LogP contribution in [0.2, 0.25) is 0 Å². The zero-order valence-corrected chi connectivity index (χ0v) is 14.3. The maximum Gasteiger partial charge on any atom is 0.233 e. The van der Waals surface area contributed by atoms with Gasteiger partial charge < -0.3 is 4.74 Å². The zero-order valence-electron chi connectivity index (χ0n) is 14.3. The molecule has 24 heavy (non-hydrogen) atoms. The molecule has 6 nitrogen and oxygen atoms in total. The summed E-state index contributed by atoms with van der Waals surface area (Å²) in [5.41, 5.74) is 0. The van der Waals surface area contributed by atoms with Crippen molar-refractivity contribution in [3.8, 4) is 11.7 Å². The standard InChI is InChI=1S/C18H25N5O/c1-3-4-7-16(14-22-11-5-6-12-22)24-18-9-8-17(20-21-18)23-13-10-19-15(23)2/h3,8-10,13,16H,1,4-7,11-12,14H2,2H3. The lowest BCUT2D eigenvalue weighted by molar-refractivity contribution is 0.133. The molecule has 6 heteroatoms. The molecule has 0 saturated carbocycles. The molecule has 1 fully saturated rings. The van der Waals surface area contributed by atoms with Crippen LogP contribution < -0.4 is 4.74 Å². The van der Waals surface area contributed by atoms with Crippen LogP contribution in [0, 0.1) is 6.92 Å². The smallest absolute Gasteiger partial charge is 0.233 e. The molecule has 1 saturated heterocycles. The highest BCUT2D eigenvalue weighted by molar-refractivity contribution is 5.25. The van der Waals surface area contributed by atoms with Crippen LogP contribution in [0.3, 0.4) is 0 Å². The first kappa shape index (κ1) is 16.6. The molecule has 2 aromatic heterocycles. The van der Waals surface area contributed by atoms with Crippen LogP contribution in [0.15, 0.2) is 37.2 Å². The van der Waals surface area contributed by atoms with Gasteiger partial charge in [-0.05, 0) is 51.8 Å². The van der Waals surface area contributed by atoms with Gasteiger partial charge in [0, 0.05) is 25.0 Å². The number of ether oxygens (including phenoxy) is 1. The summed E-state index contributed by atoms with van der Waals surface area (Å²) in [7, 11) is 0. The summed E-state index contributed by atoms with van der Waals surface area (Å²) in [4.78, 5) is 6.67. The summed E-state index contributed by atoms with van der Waals surface area (Å²) in [6, 6.07) is 3.80. The van der Waals surface area contributed by atoms with Crippen LogP contribution in [0.4, 0.5) is 0 Å². The number of imidazole rings is 1. The Morgan fingerprint density at radius 3 is 2.75 bits per heavy atom. The van der Waals surface area contributed by atoms with Crippen molar-refractivity contribution in [2.45, 2.75) is 38.7 Å². The minimum Gasteiger partial charge on any atom is -0.472 e. The lowest BCUT2D eigenvalue weighted by atomic mass is 10.2. The molecular weight excluding hydrogens is 302 g/mol. The Balaban J connectivity index is 1.64. The van der Waals surface area contributed by atoms with Gasteiger partial charge in [0.05, 0.1) is 0 Å². The lowest BCUT2D eigenvalue weighted by Gasteiger charge is -2.23. The van der Waals surface area contributed by atoms with Gasteiger partial charge in [0.2, 0.25) is 5.88 Å². The normalized spacial score (nSPS) is 16.2. The average Bonchev–Trinajstić information content (AvgIpc) is 3.25. The van der Waals surface area contributed by atoms with E-state index in [4.69, 9.17) is 4.74 Å². The molecule has 3 heterocycles. The lowest BCUT2D eigenvalue weighted by Crippen LogP contribution is -2.34. The average molecular weight is 327 g/mol. The van der Waals surface area contributed by atoms with Crippen LogP contribution in [0.25, 0.3) is 5.82 Å². The van der Waals surface area contributed by atoms with Crippen molar-refractivity contribution in [3.63, 3.8) is 0 Å². The quantitative estimate of drug-likeness (QED) is 0.698. The Labute approximate surface area is 143 Å². The predicted molar refractivity (Wildman–Crippen MR) is 93.4 cm³/mol. The Kier molecular flexibility index (Phi) is 5.59. The van der Waals surface area contributed by atoms with Crippen LogP contribution in [-0.2, 0) is 0 Å². The van der Waals surface area contributed by atoms with Gasteiger partial charge in [0.25, 0.3) is 0 Å². The van der Waals surface area contributed by atoms with E-state index in [0.717, 1.165) is 31.0 Å². The summed E-state index contributed by atoms with van der Waals surface area (Å²) < 4.78 is 7.99. The van der Waals surface area contributed by atoms with Gasteiger partial charge in [-0.15, -0.1) is 16.8 Å². The SMILES string of the molecule is C=CCCC(CN1CCCC1)Oc1ccc(-n2ccnc2C)nn1. The fourth-order valence-corrected chi connectivity index (χ4v) is 3.04. The van der Waals surface area contributed by atoms with E-state index in [1.54, 1.807) is 6.20 Å². The molecule has 2 aromatic rings. The number of likely N-dealkylation sites (tertiary alicyclic amines) is 1. The highest BCUT2D eigenvalue weighted by atomic mass is 16.5. The first-order valence-corrected chi connectivity index (χ1v) is 8.60. The fourth-order valence-electron chi connectivity index (χ4n) is 3.04. The zero-order chi connectivity index (χ0) is 16.8. The first-order chi connectivity index (χ1) is 11.8. The number of aryl methyl sites for hydroxylation is 1. The third-order valence-corrected chi connectivity index (χ3v) is 4.34. The highest BCUT2D eigenvalue weighted by Crippen LogP contribution is 2.16. The fraction of sp³-hybridized carbons (Fsp3) is 0.500. The molecule has 1 aliphatic heterocycles. The third-order valence-electron chi connectivity index (χ3n) is 4.34. The Bertz CT molecular complexity index is 646. The number of rotatable bonds is 8. The largest absolute Gasteiger partial charge is 0.472 e. The van der Waals surface area contributed by atoms with Crippen LogP contribution >= 0.6 is 0 Å². The van der Waals surface area contributed by atoms with E-state index in [0.29, 0.717) is 5.88 Å². The summed E-state index contributed by atoms with van der Waals surface area (Å²) in [5.74, 6) is 2.21. The molecule has 0 N–H and O–H groups in total. The van der Waals surface area contributed by atoms with Crippen molar-refractivity contribution >= 4 is 0 Å². The molecule has 1 unspecified atom stereocenters. The van der Waals surface area contributed by atoms with Crippen molar-refractivity contribution in [2.24, 2.45) is 0 Å². The highest BCUT2D eigenvalue weighted by Gasteiger charge is 2.19. The van der Waals surface area contributed by atoms with Gasteiger partial charge >= 0.3 is 0 Å². The molecule has 3 rings (SSSR count). The predicted octanol–water partition coefficient (Wildman–Crippen LogP) is 2.78. The van der Waals surface area contributed by atoms with Crippen molar-refractivity contribution in [2.75, 3.05) is 19.6 Å². The molecule has 1 aliphatic rings.